The molecule has 2 heterocycles. The molecular formula is C21H29N3O6. The van der Waals surface area contributed by atoms with Crippen LogP contribution in [0.25, 0.3) is 0 Å². The Morgan fingerprint density at radius 2 is 2.00 bits per heavy atom. The van der Waals surface area contributed by atoms with E-state index < -0.39 is 11.6 Å². The molecule has 30 heavy (non-hydrogen) atoms. The summed E-state index contributed by atoms with van der Waals surface area (Å²) in [6.45, 7) is 6.59. The predicted molar refractivity (Wildman–Crippen MR) is 110 cm³/mol. The number of hydrogen-bond acceptors (Lipinski definition) is 5. The van der Waals surface area contributed by atoms with Crippen LogP contribution in [0.15, 0.2) is 18.2 Å². The number of carbonyl (C=O) groups excluding carboxylic acids is 2. The molecule has 0 saturated carbocycles. The molecule has 1 N–H and O–H groups in total. The monoisotopic (exact) mass is 419 g/mol. The standard InChI is InChI=1S/C21H29N3O6/c1-21(2,3)24(20(27)28)14-7-8-22(18(25)11-14)9-10-23-16-12-15(29-4)5-6-17(16)30-13-19(23)26/h5-6,12,14H,7-11,13H2,1-4H3,(H,27,28). The number of rotatable bonds is 5. The van der Waals surface area contributed by atoms with Crippen LogP contribution < -0.4 is 14.4 Å². The number of carboxylic acid groups (broad SMARTS) is 1. The van der Waals surface area contributed by atoms with Crippen molar-refractivity contribution in [2.75, 3.05) is 38.3 Å². The van der Waals surface area contributed by atoms with Gasteiger partial charge in [0, 0.05) is 43.7 Å². The molecule has 1 fully saturated rings. The van der Waals surface area contributed by atoms with Gasteiger partial charge in [0.15, 0.2) is 6.61 Å². The molecule has 0 aromatic heterocycles. The molecule has 2 aliphatic rings. The smallest absolute Gasteiger partial charge is 0.407 e. The van der Waals surface area contributed by atoms with Crippen LogP contribution in [-0.2, 0) is 9.59 Å². The Labute approximate surface area is 176 Å². The minimum atomic E-state index is -1.02. The molecule has 9 heteroatoms. The summed E-state index contributed by atoms with van der Waals surface area (Å²) in [5.74, 6) is 0.934. The van der Waals surface area contributed by atoms with E-state index >= 15 is 0 Å². The zero-order valence-electron chi connectivity index (χ0n) is 17.9. The van der Waals surface area contributed by atoms with Crippen LogP contribution in [-0.4, -0.2) is 77.7 Å². The summed E-state index contributed by atoms with van der Waals surface area (Å²) in [6.07, 6.45) is -0.305. The Morgan fingerprint density at radius 1 is 1.27 bits per heavy atom. The predicted octanol–water partition coefficient (Wildman–Crippen LogP) is 2.19. The summed E-state index contributed by atoms with van der Waals surface area (Å²) >= 11 is 0. The van der Waals surface area contributed by atoms with E-state index in [0.29, 0.717) is 43.2 Å². The topological polar surface area (TPSA) is 99.6 Å². The van der Waals surface area contributed by atoms with E-state index in [1.807, 2.05) is 20.8 Å². The fourth-order valence-electron chi connectivity index (χ4n) is 4.08. The van der Waals surface area contributed by atoms with E-state index in [9.17, 15) is 19.5 Å². The summed E-state index contributed by atoms with van der Waals surface area (Å²) in [4.78, 5) is 41.5. The van der Waals surface area contributed by atoms with Crippen molar-refractivity contribution in [3.63, 3.8) is 0 Å². The highest BCUT2D eigenvalue weighted by Crippen LogP contribution is 2.35. The van der Waals surface area contributed by atoms with Crippen LogP contribution in [0.3, 0.4) is 0 Å². The fourth-order valence-corrected chi connectivity index (χ4v) is 4.08. The Balaban J connectivity index is 1.66. The zero-order chi connectivity index (χ0) is 22.1. The first-order valence-electron chi connectivity index (χ1n) is 10.0. The number of likely N-dealkylation sites (tertiary alicyclic amines) is 1. The van der Waals surface area contributed by atoms with Crippen molar-refractivity contribution in [1.29, 1.82) is 0 Å². The summed E-state index contributed by atoms with van der Waals surface area (Å²) in [5, 5.41) is 9.59. The molecule has 0 radical (unpaired) electrons. The van der Waals surface area contributed by atoms with Crippen LogP contribution in [0, 0.1) is 0 Å². The van der Waals surface area contributed by atoms with Crippen LogP contribution in [0.5, 0.6) is 11.5 Å². The van der Waals surface area contributed by atoms with Gasteiger partial charge < -0.3 is 24.4 Å². The number of nitrogens with zero attached hydrogens (tertiary/aromatic N) is 3. The van der Waals surface area contributed by atoms with Gasteiger partial charge in [-0.3, -0.25) is 14.5 Å². The molecule has 1 saturated heterocycles. The van der Waals surface area contributed by atoms with Gasteiger partial charge in [-0.2, -0.15) is 0 Å². The van der Waals surface area contributed by atoms with Gasteiger partial charge in [-0.15, -0.1) is 0 Å². The van der Waals surface area contributed by atoms with E-state index in [1.54, 1.807) is 35.1 Å². The number of anilines is 1. The van der Waals surface area contributed by atoms with E-state index in [0.717, 1.165) is 0 Å². The average molecular weight is 419 g/mol. The molecule has 164 valence electrons. The van der Waals surface area contributed by atoms with Crippen molar-refractivity contribution in [2.45, 2.75) is 45.2 Å². The van der Waals surface area contributed by atoms with Crippen LogP contribution in [0.2, 0.25) is 0 Å². The van der Waals surface area contributed by atoms with Crippen molar-refractivity contribution < 1.29 is 29.0 Å². The maximum Gasteiger partial charge on any atom is 0.407 e. The molecule has 1 aromatic carbocycles. The molecule has 1 atom stereocenters. The largest absolute Gasteiger partial charge is 0.497 e. The number of benzene rings is 1. The van der Waals surface area contributed by atoms with Gasteiger partial charge in [0.05, 0.1) is 12.8 Å². The number of piperidine rings is 1. The van der Waals surface area contributed by atoms with Gasteiger partial charge >= 0.3 is 6.09 Å². The molecule has 3 amide bonds. The highest BCUT2D eigenvalue weighted by molar-refractivity contribution is 5.98. The zero-order valence-corrected chi connectivity index (χ0v) is 17.9. The molecule has 9 nitrogen and oxygen atoms in total. The lowest BCUT2D eigenvalue weighted by molar-refractivity contribution is -0.136. The quantitative estimate of drug-likeness (QED) is 0.785. The Kier molecular flexibility index (Phi) is 6.09. The van der Waals surface area contributed by atoms with Crippen LogP contribution in [0.4, 0.5) is 10.5 Å². The third-order valence-electron chi connectivity index (χ3n) is 5.49. The van der Waals surface area contributed by atoms with Crippen molar-refractivity contribution in [2.24, 2.45) is 0 Å². The molecule has 0 spiro atoms. The first-order chi connectivity index (χ1) is 14.1. The Morgan fingerprint density at radius 3 is 2.60 bits per heavy atom. The highest BCUT2D eigenvalue weighted by atomic mass is 16.5. The number of methoxy groups -OCH3 is 1. The molecule has 0 aliphatic carbocycles. The minimum Gasteiger partial charge on any atom is -0.497 e. The normalized spacial score (nSPS) is 19.3. The van der Waals surface area contributed by atoms with Gasteiger partial charge in [-0.05, 0) is 39.3 Å². The van der Waals surface area contributed by atoms with Gasteiger partial charge in [0.2, 0.25) is 5.91 Å². The van der Waals surface area contributed by atoms with Crippen molar-refractivity contribution in [1.82, 2.24) is 9.80 Å². The third kappa shape index (κ3) is 4.44. The lowest BCUT2D eigenvalue weighted by Gasteiger charge is -2.43. The first kappa shape index (κ1) is 21.7. The summed E-state index contributed by atoms with van der Waals surface area (Å²) in [6, 6.07) is 4.93. The van der Waals surface area contributed by atoms with E-state index in [4.69, 9.17) is 9.47 Å². The number of ether oxygens (including phenoxy) is 2. The number of hydrogen-bond donors (Lipinski definition) is 1. The Hall–Kier alpha value is -2.97. The van der Waals surface area contributed by atoms with Crippen molar-refractivity contribution in [3.05, 3.63) is 18.2 Å². The van der Waals surface area contributed by atoms with Gasteiger partial charge in [0.1, 0.15) is 11.5 Å². The van der Waals surface area contributed by atoms with E-state index in [2.05, 4.69) is 0 Å². The molecule has 0 bridgehead atoms. The maximum atomic E-state index is 12.7. The number of carbonyl (C=O) groups is 3. The Bertz CT molecular complexity index is 835. The molecule has 2 aliphatic heterocycles. The fraction of sp³-hybridized carbons (Fsp3) is 0.571. The highest BCUT2D eigenvalue weighted by Gasteiger charge is 2.38. The van der Waals surface area contributed by atoms with E-state index in [-0.39, 0.29) is 30.9 Å². The van der Waals surface area contributed by atoms with Crippen LogP contribution in [0.1, 0.15) is 33.6 Å². The average Bonchev–Trinajstić information content (AvgIpc) is 2.66. The van der Waals surface area contributed by atoms with Crippen molar-refractivity contribution >= 4 is 23.6 Å². The molecule has 1 unspecified atom stereocenters. The maximum absolute atomic E-state index is 12.7. The summed E-state index contributed by atoms with van der Waals surface area (Å²) in [5.41, 5.74) is 0.0415. The van der Waals surface area contributed by atoms with Crippen molar-refractivity contribution in [3.8, 4) is 11.5 Å². The molecule has 1 aromatic rings. The summed E-state index contributed by atoms with van der Waals surface area (Å²) < 4.78 is 10.7. The minimum absolute atomic E-state index is 0.0471. The lowest BCUT2D eigenvalue weighted by Crippen LogP contribution is -2.56. The second kappa shape index (κ2) is 8.41. The second-order valence-corrected chi connectivity index (χ2v) is 8.52. The molecular weight excluding hydrogens is 390 g/mol. The second-order valence-electron chi connectivity index (χ2n) is 8.52. The lowest BCUT2D eigenvalue weighted by atomic mass is 9.96. The third-order valence-corrected chi connectivity index (χ3v) is 5.49. The van der Waals surface area contributed by atoms with Crippen LogP contribution >= 0.6 is 0 Å². The number of amides is 3. The number of fused-ring (bicyclic) bond motifs is 1. The molecule has 3 rings (SSSR count). The summed E-state index contributed by atoms with van der Waals surface area (Å²) in [7, 11) is 1.55. The van der Waals surface area contributed by atoms with Gasteiger partial charge in [-0.25, -0.2) is 4.79 Å². The van der Waals surface area contributed by atoms with E-state index in [1.165, 1.54) is 4.90 Å². The van der Waals surface area contributed by atoms with Gasteiger partial charge in [-0.1, -0.05) is 0 Å². The first-order valence-corrected chi connectivity index (χ1v) is 10.0. The van der Waals surface area contributed by atoms with Gasteiger partial charge in [0.25, 0.3) is 5.91 Å². The SMILES string of the molecule is COc1ccc2c(c1)N(CCN1CCC(N(C(=O)O)C(C)(C)C)CC1=O)C(=O)CO2.